The second kappa shape index (κ2) is 7.95. The summed E-state index contributed by atoms with van der Waals surface area (Å²) >= 11 is 0. The van der Waals surface area contributed by atoms with Crippen molar-refractivity contribution in [1.29, 1.82) is 0 Å². The first-order valence-corrected chi connectivity index (χ1v) is 8.51. The van der Waals surface area contributed by atoms with Crippen LogP contribution >= 0.6 is 0 Å². The zero-order valence-electron chi connectivity index (χ0n) is 15.3. The Bertz CT molecular complexity index is 942. The van der Waals surface area contributed by atoms with Gasteiger partial charge in [0.15, 0.2) is 17.6 Å². The lowest BCUT2D eigenvalue weighted by atomic mass is 10.1. The maximum Gasteiger partial charge on any atom is 0.339 e. The van der Waals surface area contributed by atoms with Crippen molar-refractivity contribution in [1.82, 2.24) is 0 Å². The van der Waals surface area contributed by atoms with Gasteiger partial charge in [-0.1, -0.05) is 6.07 Å². The van der Waals surface area contributed by atoms with Gasteiger partial charge in [-0.15, -0.1) is 0 Å². The monoisotopic (exact) mass is 386 g/mol. The topological polar surface area (TPSA) is 117 Å². The van der Waals surface area contributed by atoms with Crippen molar-refractivity contribution >= 4 is 23.3 Å². The SMILES string of the molecule is Cc1ccc(C(=O)O[C@H](C)C(=O)Nc2ccc3c(c2)OCCO3)cc1[N+](=O)[O-]. The highest BCUT2D eigenvalue weighted by atomic mass is 16.6. The third-order valence-corrected chi connectivity index (χ3v) is 4.10. The van der Waals surface area contributed by atoms with E-state index in [0.717, 1.165) is 6.07 Å². The van der Waals surface area contributed by atoms with Crippen LogP contribution in [0.1, 0.15) is 22.8 Å². The summed E-state index contributed by atoms with van der Waals surface area (Å²) in [6.07, 6.45) is -1.11. The first kappa shape index (κ1) is 19.2. The number of aryl methyl sites for hydroxylation is 1. The van der Waals surface area contributed by atoms with Gasteiger partial charge >= 0.3 is 5.97 Å². The third kappa shape index (κ3) is 4.20. The molecule has 1 amide bonds. The van der Waals surface area contributed by atoms with Crippen LogP contribution in [0.5, 0.6) is 11.5 Å². The molecular weight excluding hydrogens is 368 g/mol. The summed E-state index contributed by atoms with van der Waals surface area (Å²) in [6.45, 7) is 3.86. The van der Waals surface area contributed by atoms with Crippen LogP contribution in [-0.2, 0) is 9.53 Å². The minimum Gasteiger partial charge on any atom is -0.486 e. The number of rotatable bonds is 5. The number of hydrogen-bond acceptors (Lipinski definition) is 7. The van der Waals surface area contributed by atoms with Crippen molar-refractivity contribution in [2.75, 3.05) is 18.5 Å². The van der Waals surface area contributed by atoms with Crippen molar-refractivity contribution in [2.24, 2.45) is 0 Å². The molecule has 1 aliphatic rings. The van der Waals surface area contributed by atoms with Gasteiger partial charge in [-0.25, -0.2) is 4.79 Å². The molecule has 2 aromatic rings. The minimum atomic E-state index is -1.11. The minimum absolute atomic E-state index is 0.00344. The van der Waals surface area contributed by atoms with Crippen molar-refractivity contribution < 1.29 is 28.7 Å². The van der Waals surface area contributed by atoms with Gasteiger partial charge < -0.3 is 19.5 Å². The van der Waals surface area contributed by atoms with E-state index in [-0.39, 0.29) is 11.3 Å². The molecule has 0 saturated carbocycles. The fourth-order valence-corrected chi connectivity index (χ4v) is 2.58. The fraction of sp³-hybridized carbons (Fsp3) is 0.263. The Hall–Kier alpha value is -3.62. The van der Waals surface area contributed by atoms with E-state index in [1.807, 2.05) is 0 Å². The number of anilines is 1. The van der Waals surface area contributed by atoms with E-state index in [0.29, 0.717) is 36.0 Å². The number of nitro groups is 1. The number of ether oxygens (including phenoxy) is 3. The molecule has 28 heavy (non-hydrogen) atoms. The van der Waals surface area contributed by atoms with Crippen LogP contribution in [-0.4, -0.2) is 36.1 Å². The van der Waals surface area contributed by atoms with E-state index in [4.69, 9.17) is 14.2 Å². The summed E-state index contributed by atoms with van der Waals surface area (Å²) < 4.78 is 16.0. The quantitative estimate of drug-likeness (QED) is 0.477. The molecule has 0 aromatic heterocycles. The maximum absolute atomic E-state index is 12.3. The predicted octanol–water partition coefficient (Wildman–Crippen LogP) is 2.86. The fourth-order valence-electron chi connectivity index (χ4n) is 2.58. The van der Waals surface area contributed by atoms with Crippen molar-refractivity contribution in [2.45, 2.75) is 20.0 Å². The Kier molecular flexibility index (Phi) is 5.44. The van der Waals surface area contributed by atoms with Gasteiger partial charge in [0, 0.05) is 23.4 Å². The molecule has 1 heterocycles. The summed E-state index contributed by atoms with van der Waals surface area (Å²) in [4.78, 5) is 35.0. The van der Waals surface area contributed by atoms with Gasteiger partial charge in [-0.2, -0.15) is 0 Å². The Morgan fingerprint density at radius 1 is 1.14 bits per heavy atom. The van der Waals surface area contributed by atoms with E-state index < -0.39 is 22.9 Å². The van der Waals surface area contributed by atoms with Crippen LogP contribution < -0.4 is 14.8 Å². The maximum atomic E-state index is 12.3. The zero-order chi connectivity index (χ0) is 20.3. The molecule has 0 spiro atoms. The number of fused-ring (bicyclic) bond motifs is 1. The van der Waals surface area contributed by atoms with E-state index in [2.05, 4.69) is 5.32 Å². The molecule has 1 N–H and O–H groups in total. The standard InChI is InChI=1S/C19H18N2O7/c1-11-3-4-13(9-15(11)21(24)25)19(23)28-12(2)18(22)20-14-5-6-16-17(10-14)27-8-7-26-16/h3-6,9-10,12H,7-8H2,1-2H3,(H,20,22)/t12-/m1/s1. The molecular formula is C19H18N2O7. The van der Waals surface area contributed by atoms with E-state index in [1.54, 1.807) is 25.1 Å². The highest BCUT2D eigenvalue weighted by molar-refractivity contribution is 5.97. The van der Waals surface area contributed by atoms with Gasteiger partial charge in [0.25, 0.3) is 11.6 Å². The van der Waals surface area contributed by atoms with Gasteiger partial charge in [-0.05, 0) is 32.0 Å². The summed E-state index contributed by atoms with van der Waals surface area (Å²) in [5, 5.41) is 13.6. The molecule has 1 aliphatic heterocycles. The van der Waals surface area contributed by atoms with Gasteiger partial charge in [-0.3, -0.25) is 14.9 Å². The zero-order valence-corrected chi connectivity index (χ0v) is 15.3. The van der Waals surface area contributed by atoms with Crippen molar-refractivity contribution in [3.05, 3.63) is 57.6 Å². The summed E-state index contributed by atoms with van der Waals surface area (Å²) in [5.74, 6) is -0.273. The van der Waals surface area contributed by atoms with Gasteiger partial charge in [0.05, 0.1) is 10.5 Å². The molecule has 0 aliphatic carbocycles. The number of carbonyl (C=O) groups is 2. The second-order valence-corrected chi connectivity index (χ2v) is 6.15. The molecule has 0 saturated heterocycles. The van der Waals surface area contributed by atoms with E-state index in [1.165, 1.54) is 19.1 Å². The van der Waals surface area contributed by atoms with Gasteiger partial charge in [0.2, 0.25) is 0 Å². The number of esters is 1. The Balaban J connectivity index is 1.65. The highest BCUT2D eigenvalue weighted by Crippen LogP contribution is 2.32. The molecule has 146 valence electrons. The van der Waals surface area contributed by atoms with E-state index in [9.17, 15) is 19.7 Å². The van der Waals surface area contributed by atoms with Crippen LogP contribution in [0.3, 0.4) is 0 Å². The Labute approximate surface area is 160 Å². The second-order valence-electron chi connectivity index (χ2n) is 6.15. The Morgan fingerprint density at radius 2 is 1.86 bits per heavy atom. The number of nitrogens with zero attached hydrogens (tertiary/aromatic N) is 1. The van der Waals surface area contributed by atoms with E-state index >= 15 is 0 Å². The molecule has 3 rings (SSSR count). The van der Waals surface area contributed by atoms with Crippen LogP contribution in [0.4, 0.5) is 11.4 Å². The summed E-state index contributed by atoms with van der Waals surface area (Å²) in [7, 11) is 0. The third-order valence-electron chi connectivity index (χ3n) is 4.10. The molecule has 0 radical (unpaired) electrons. The first-order chi connectivity index (χ1) is 13.3. The number of nitrogens with one attached hydrogen (secondary N) is 1. The number of nitro benzene ring substituents is 1. The van der Waals surface area contributed by atoms with Gasteiger partial charge in [0.1, 0.15) is 13.2 Å². The lowest BCUT2D eigenvalue weighted by Crippen LogP contribution is -2.30. The van der Waals surface area contributed by atoms with Crippen molar-refractivity contribution in [3.63, 3.8) is 0 Å². The lowest BCUT2D eigenvalue weighted by molar-refractivity contribution is -0.385. The molecule has 0 bridgehead atoms. The van der Waals surface area contributed by atoms with Crippen LogP contribution in [0, 0.1) is 17.0 Å². The number of benzene rings is 2. The predicted molar refractivity (Wildman–Crippen MR) is 98.8 cm³/mol. The average molecular weight is 386 g/mol. The largest absolute Gasteiger partial charge is 0.486 e. The number of amides is 1. The molecule has 0 fully saturated rings. The number of hydrogen-bond donors (Lipinski definition) is 1. The highest BCUT2D eigenvalue weighted by Gasteiger charge is 2.22. The Morgan fingerprint density at radius 3 is 2.57 bits per heavy atom. The van der Waals surface area contributed by atoms with Crippen LogP contribution in [0.25, 0.3) is 0 Å². The first-order valence-electron chi connectivity index (χ1n) is 8.51. The molecule has 1 atom stereocenters. The number of carbonyl (C=O) groups excluding carboxylic acids is 2. The smallest absolute Gasteiger partial charge is 0.339 e. The van der Waals surface area contributed by atoms with Crippen LogP contribution in [0.2, 0.25) is 0 Å². The summed E-state index contributed by atoms with van der Waals surface area (Å²) in [5.41, 5.74) is 0.688. The van der Waals surface area contributed by atoms with Crippen molar-refractivity contribution in [3.8, 4) is 11.5 Å². The molecule has 9 nitrogen and oxygen atoms in total. The molecule has 2 aromatic carbocycles. The molecule has 0 unspecified atom stereocenters. The van der Waals surface area contributed by atoms with Crippen LogP contribution in [0.15, 0.2) is 36.4 Å². The molecule has 9 heteroatoms. The normalized spacial score (nSPS) is 13.4. The summed E-state index contributed by atoms with van der Waals surface area (Å²) in [6, 6.07) is 8.92. The lowest BCUT2D eigenvalue weighted by Gasteiger charge is -2.19. The average Bonchev–Trinajstić information content (AvgIpc) is 2.67.